The van der Waals surface area contributed by atoms with Crippen LogP contribution in [0.25, 0.3) is 11.3 Å². The van der Waals surface area contributed by atoms with E-state index in [1.165, 1.54) is 11.3 Å². The molecule has 0 atom stereocenters. The average molecular weight is 410 g/mol. The summed E-state index contributed by atoms with van der Waals surface area (Å²) in [5.74, 6) is 0. The van der Waals surface area contributed by atoms with Crippen LogP contribution in [0.15, 0.2) is 54.2 Å². The number of carbonyl (C=O) groups excluding carboxylic acids is 1. The first-order chi connectivity index (χ1) is 14.2. The molecule has 1 fully saturated rings. The SMILES string of the molecule is CN(Cc1ccccc1N1CCOCC1)C(=O)Nc1nc(-c2cccnc2)cs1. The van der Waals surface area contributed by atoms with Gasteiger partial charge in [-0.25, -0.2) is 9.78 Å². The van der Waals surface area contributed by atoms with Crippen molar-refractivity contribution in [2.24, 2.45) is 0 Å². The summed E-state index contributed by atoms with van der Waals surface area (Å²) in [4.78, 5) is 25.3. The summed E-state index contributed by atoms with van der Waals surface area (Å²) >= 11 is 1.40. The average Bonchev–Trinajstić information content (AvgIpc) is 3.24. The fourth-order valence-corrected chi connectivity index (χ4v) is 3.96. The Labute approximate surface area is 174 Å². The molecule has 3 heterocycles. The van der Waals surface area contributed by atoms with Gasteiger partial charge in [-0.1, -0.05) is 18.2 Å². The number of aromatic nitrogens is 2. The number of nitrogens with one attached hydrogen (secondary N) is 1. The van der Waals surface area contributed by atoms with Crippen LogP contribution in [0.2, 0.25) is 0 Å². The highest BCUT2D eigenvalue weighted by Gasteiger charge is 2.18. The minimum atomic E-state index is -0.186. The molecule has 0 bridgehead atoms. The van der Waals surface area contributed by atoms with Gasteiger partial charge in [-0.3, -0.25) is 10.3 Å². The van der Waals surface area contributed by atoms with Crippen molar-refractivity contribution >= 4 is 28.2 Å². The monoisotopic (exact) mass is 409 g/mol. The number of nitrogens with zero attached hydrogens (tertiary/aromatic N) is 4. The zero-order valence-corrected chi connectivity index (χ0v) is 17.1. The predicted octanol–water partition coefficient (Wildman–Crippen LogP) is 3.71. The van der Waals surface area contributed by atoms with E-state index in [1.54, 1.807) is 24.3 Å². The highest BCUT2D eigenvalue weighted by Crippen LogP contribution is 2.25. The maximum atomic E-state index is 12.7. The third-order valence-corrected chi connectivity index (χ3v) is 5.53. The first-order valence-electron chi connectivity index (χ1n) is 9.49. The largest absolute Gasteiger partial charge is 0.378 e. The Bertz CT molecular complexity index is 956. The summed E-state index contributed by atoms with van der Waals surface area (Å²) in [6.07, 6.45) is 3.48. The minimum absolute atomic E-state index is 0.186. The molecule has 0 aliphatic carbocycles. The standard InChI is InChI=1S/C21H23N5O2S/c1-25(14-17-5-2-3-7-19(17)26-9-11-28-12-10-26)21(27)24-20-23-18(15-29-20)16-6-4-8-22-13-16/h2-8,13,15H,9-12,14H2,1H3,(H,23,24,27). The molecule has 0 radical (unpaired) electrons. The van der Waals surface area contributed by atoms with Crippen LogP contribution < -0.4 is 10.2 Å². The maximum absolute atomic E-state index is 12.7. The molecule has 8 heteroatoms. The fraction of sp³-hybridized carbons (Fsp3) is 0.286. The van der Waals surface area contributed by atoms with Gasteiger partial charge in [0.1, 0.15) is 0 Å². The van der Waals surface area contributed by atoms with E-state index in [1.807, 2.05) is 29.6 Å². The molecule has 1 saturated heterocycles. The minimum Gasteiger partial charge on any atom is -0.378 e. The number of ether oxygens (including phenoxy) is 1. The lowest BCUT2D eigenvalue weighted by Crippen LogP contribution is -2.37. The van der Waals surface area contributed by atoms with Crippen LogP contribution in [0, 0.1) is 0 Å². The molecular weight excluding hydrogens is 386 g/mol. The highest BCUT2D eigenvalue weighted by atomic mass is 32.1. The molecule has 1 aromatic carbocycles. The molecule has 1 aliphatic rings. The van der Waals surface area contributed by atoms with Gasteiger partial charge in [0.05, 0.1) is 18.9 Å². The predicted molar refractivity (Wildman–Crippen MR) is 115 cm³/mol. The smallest absolute Gasteiger partial charge is 0.323 e. The Balaban J connectivity index is 1.41. The van der Waals surface area contributed by atoms with E-state index < -0.39 is 0 Å². The molecule has 4 rings (SSSR count). The molecule has 0 spiro atoms. The zero-order valence-electron chi connectivity index (χ0n) is 16.2. The van der Waals surface area contributed by atoms with Gasteiger partial charge in [0.2, 0.25) is 0 Å². The summed E-state index contributed by atoms with van der Waals surface area (Å²) in [6.45, 7) is 3.70. The summed E-state index contributed by atoms with van der Waals surface area (Å²) in [7, 11) is 1.79. The quantitative estimate of drug-likeness (QED) is 0.696. The molecule has 2 aromatic heterocycles. The van der Waals surface area contributed by atoms with Crippen LogP contribution in [0.1, 0.15) is 5.56 Å². The van der Waals surface area contributed by atoms with Crippen LogP contribution >= 0.6 is 11.3 Å². The lowest BCUT2D eigenvalue weighted by molar-refractivity contribution is 0.122. The number of hydrogen-bond donors (Lipinski definition) is 1. The number of rotatable bonds is 5. The van der Waals surface area contributed by atoms with Gasteiger partial charge in [-0.15, -0.1) is 11.3 Å². The number of carbonyl (C=O) groups is 1. The Kier molecular flexibility index (Phi) is 6.02. The first-order valence-corrected chi connectivity index (χ1v) is 10.4. The van der Waals surface area contributed by atoms with E-state index in [9.17, 15) is 4.79 Å². The Morgan fingerprint density at radius 3 is 2.86 bits per heavy atom. The van der Waals surface area contributed by atoms with Gasteiger partial charge in [0.15, 0.2) is 5.13 Å². The third kappa shape index (κ3) is 4.72. The van der Waals surface area contributed by atoms with Crippen LogP contribution in [-0.2, 0) is 11.3 Å². The fourth-order valence-electron chi connectivity index (χ4n) is 3.25. The molecule has 1 N–H and O–H groups in total. The molecule has 0 unspecified atom stereocenters. The van der Waals surface area contributed by atoms with E-state index in [0.29, 0.717) is 11.7 Å². The van der Waals surface area contributed by atoms with Crippen molar-refractivity contribution in [1.82, 2.24) is 14.9 Å². The van der Waals surface area contributed by atoms with Crippen LogP contribution in [0.4, 0.5) is 15.6 Å². The number of amides is 2. The van der Waals surface area contributed by atoms with Crippen molar-refractivity contribution in [2.45, 2.75) is 6.54 Å². The summed E-state index contributed by atoms with van der Waals surface area (Å²) in [6, 6.07) is 11.8. The third-order valence-electron chi connectivity index (χ3n) is 4.77. The molecule has 2 amide bonds. The van der Waals surface area contributed by atoms with Gasteiger partial charge in [0.25, 0.3) is 0 Å². The first kappa shape index (κ1) is 19.4. The van der Waals surface area contributed by atoms with E-state index in [0.717, 1.165) is 48.8 Å². The van der Waals surface area contributed by atoms with Gasteiger partial charge >= 0.3 is 6.03 Å². The Morgan fingerprint density at radius 2 is 2.07 bits per heavy atom. The number of benzene rings is 1. The summed E-state index contributed by atoms with van der Waals surface area (Å²) < 4.78 is 5.45. The highest BCUT2D eigenvalue weighted by molar-refractivity contribution is 7.14. The van der Waals surface area contributed by atoms with E-state index in [-0.39, 0.29) is 6.03 Å². The van der Waals surface area contributed by atoms with Gasteiger partial charge in [-0.05, 0) is 23.8 Å². The Morgan fingerprint density at radius 1 is 1.24 bits per heavy atom. The van der Waals surface area contributed by atoms with Crippen molar-refractivity contribution in [3.05, 3.63) is 59.7 Å². The van der Waals surface area contributed by atoms with Gasteiger partial charge < -0.3 is 14.5 Å². The Hall–Kier alpha value is -2.97. The summed E-state index contributed by atoms with van der Waals surface area (Å²) in [5, 5.41) is 5.38. The van der Waals surface area contributed by atoms with Crippen LogP contribution in [0.3, 0.4) is 0 Å². The molecule has 0 saturated carbocycles. The number of anilines is 2. The van der Waals surface area contributed by atoms with E-state index >= 15 is 0 Å². The molecule has 7 nitrogen and oxygen atoms in total. The number of urea groups is 1. The normalized spacial score (nSPS) is 13.9. The van der Waals surface area contributed by atoms with Crippen molar-refractivity contribution in [3.8, 4) is 11.3 Å². The lowest BCUT2D eigenvalue weighted by Gasteiger charge is -2.31. The zero-order chi connectivity index (χ0) is 20.1. The van der Waals surface area contributed by atoms with Crippen LogP contribution in [-0.4, -0.2) is 54.2 Å². The van der Waals surface area contributed by atoms with Gasteiger partial charge in [-0.2, -0.15) is 0 Å². The number of hydrogen-bond acceptors (Lipinski definition) is 6. The number of thiazole rings is 1. The summed E-state index contributed by atoms with van der Waals surface area (Å²) in [5.41, 5.74) is 4.00. The van der Waals surface area contributed by atoms with E-state index in [2.05, 4.69) is 32.3 Å². The molecule has 1 aliphatic heterocycles. The number of morpholine rings is 1. The lowest BCUT2D eigenvalue weighted by atomic mass is 10.1. The second-order valence-corrected chi connectivity index (χ2v) is 7.65. The molecule has 3 aromatic rings. The van der Waals surface area contributed by atoms with Crippen molar-refractivity contribution in [3.63, 3.8) is 0 Å². The van der Waals surface area contributed by atoms with Gasteiger partial charge in [0, 0.05) is 55.7 Å². The second kappa shape index (κ2) is 9.02. The molecule has 150 valence electrons. The molecule has 29 heavy (non-hydrogen) atoms. The number of para-hydroxylation sites is 1. The van der Waals surface area contributed by atoms with Crippen molar-refractivity contribution in [2.75, 3.05) is 43.6 Å². The van der Waals surface area contributed by atoms with E-state index in [4.69, 9.17) is 4.74 Å². The maximum Gasteiger partial charge on any atom is 0.323 e. The van der Waals surface area contributed by atoms with Crippen molar-refractivity contribution in [1.29, 1.82) is 0 Å². The molecular formula is C21H23N5O2S. The van der Waals surface area contributed by atoms with Crippen molar-refractivity contribution < 1.29 is 9.53 Å². The van der Waals surface area contributed by atoms with Crippen LogP contribution in [0.5, 0.6) is 0 Å². The number of pyridine rings is 1. The topological polar surface area (TPSA) is 70.6 Å². The second-order valence-electron chi connectivity index (χ2n) is 6.79.